The molecule has 0 amide bonds. The molecule has 2 atom stereocenters. The first-order valence-electron chi connectivity index (χ1n) is 9.68. The number of benzene rings is 1. The minimum absolute atomic E-state index is 0.159. The summed E-state index contributed by atoms with van der Waals surface area (Å²) in [5.41, 5.74) is 1.20. The van der Waals surface area contributed by atoms with Gasteiger partial charge >= 0.3 is 0 Å². The minimum Gasteiger partial charge on any atom is -0.393 e. The number of nitrogens with zero attached hydrogens (tertiary/aromatic N) is 3. The van der Waals surface area contributed by atoms with Crippen molar-refractivity contribution in [3.8, 4) is 5.69 Å². The maximum atomic E-state index is 12.3. The van der Waals surface area contributed by atoms with Crippen LogP contribution in [0.5, 0.6) is 0 Å². The Balaban J connectivity index is 1.45. The van der Waals surface area contributed by atoms with E-state index in [0.29, 0.717) is 29.4 Å². The molecule has 7 heteroatoms. The molecular formula is C20H25N5O2. The zero-order valence-electron chi connectivity index (χ0n) is 15.3. The Labute approximate surface area is 157 Å². The van der Waals surface area contributed by atoms with Crippen molar-refractivity contribution in [3.05, 3.63) is 46.9 Å². The van der Waals surface area contributed by atoms with E-state index in [2.05, 4.69) is 20.4 Å². The molecule has 1 aliphatic rings. The number of nitrogens with one attached hydrogen (secondary N) is 2. The third-order valence-electron chi connectivity index (χ3n) is 5.35. The van der Waals surface area contributed by atoms with Crippen LogP contribution in [0.15, 0.2) is 41.3 Å². The van der Waals surface area contributed by atoms with Gasteiger partial charge in [0, 0.05) is 6.54 Å². The summed E-state index contributed by atoms with van der Waals surface area (Å²) in [6, 6.07) is 9.64. The number of para-hydroxylation sites is 1. The number of rotatable bonds is 6. The van der Waals surface area contributed by atoms with Crippen molar-refractivity contribution < 1.29 is 5.11 Å². The smallest absolute Gasteiger partial charge is 0.263 e. The quantitative estimate of drug-likeness (QED) is 0.582. The fourth-order valence-electron chi connectivity index (χ4n) is 3.86. The van der Waals surface area contributed by atoms with Crippen LogP contribution in [0.25, 0.3) is 16.7 Å². The average molecular weight is 367 g/mol. The van der Waals surface area contributed by atoms with Gasteiger partial charge < -0.3 is 10.4 Å². The van der Waals surface area contributed by atoms with Crippen LogP contribution in [0, 0.1) is 5.92 Å². The molecule has 1 saturated carbocycles. The first-order chi connectivity index (χ1) is 13.2. The number of aliphatic hydroxyl groups excluding tert-OH is 1. The van der Waals surface area contributed by atoms with Crippen molar-refractivity contribution in [3.63, 3.8) is 0 Å². The summed E-state index contributed by atoms with van der Waals surface area (Å²) in [7, 11) is 0. The summed E-state index contributed by atoms with van der Waals surface area (Å²) in [5.74, 6) is 0.851. The van der Waals surface area contributed by atoms with E-state index in [1.54, 1.807) is 10.9 Å². The van der Waals surface area contributed by atoms with Crippen molar-refractivity contribution in [2.75, 3.05) is 11.9 Å². The highest BCUT2D eigenvalue weighted by molar-refractivity contribution is 5.76. The van der Waals surface area contributed by atoms with Gasteiger partial charge in [0.15, 0.2) is 5.65 Å². The number of fused-ring (bicyclic) bond motifs is 1. The lowest BCUT2D eigenvalue weighted by Gasteiger charge is -2.27. The Morgan fingerprint density at radius 3 is 2.85 bits per heavy atom. The zero-order valence-corrected chi connectivity index (χ0v) is 15.3. The maximum Gasteiger partial charge on any atom is 0.263 e. The van der Waals surface area contributed by atoms with Gasteiger partial charge in [-0.05, 0) is 43.7 Å². The number of hydrogen-bond acceptors (Lipinski definition) is 5. The number of aromatic nitrogens is 4. The summed E-state index contributed by atoms with van der Waals surface area (Å²) in [6.07, 6.45) is 7.69. The standard InChI is InChI=1S/C20H25N5O2/c26-17-11-5-4-7-14(17)8-6-12-21-20-23-18-16(19(27)24-20)13-22-25(18)15-9-2-1-3-10-15/h1-3,9-10,13-14,17,26H,4-8,11-12H2,(H2,21,23,24,27). The number of aliphatic hydroxyl groups is 1. The van der Waals surface area contributed by atoms with Gasteiger partial charge in [0.2, 0.25) is 5.95 Å². The second-order valence-electron chi connectivity index (χ2n) is 7.22. The van der Waals surface area contributed by atoms with Gasteiger partial charge in [0.1, 0.15) is 5.39 Å². The highest BCUT2D eigenvalue weighted by Crippen LogP contribution is 2.27. The molecule has 27 heavy (non-hydrogen) atoms. The molecule has 2 aromatic heterocycles. The van der Waals surface area contributed by atoms with Gasteiger partial charge in [-0.15, -0.1) is 0 Å². The summed E-state index contributed by atoms with van der Waals surface area (Å²) in [5, 5.41) is 18.1. The molecule has 1 aliphatic carbocycles. The molecule has 142 valence electrons. The second kappa shape index (κ2) is 7.92. The predicted octanol–water partition coefficient (Wildman–Crippen LogP) is 2.85. The van der Waals surface area contributed by atoms with Gasteiger partial charge in [-0.2, -0.15) is 10.1 Å². The van der Waals surface area contributed by atoms with Crippen LogP contribution >= 0.6 is 0 Å². The highest BCUT2D eigenvalue weighted by Gasteiger charge is 2.22. The van der Waals surface area contributed by atoms with Crippen molar-refractivity contribution in [1.29, 1.82) is 0 Å². The number of aromatic amines is 1. The van der Waals surface area contributed by atoms with Crippen molar-refractivity contribution in [1.82, 2.24) is 19.7 Å². The fourth-order valence-corrected chi connectivity index (χ4v) is 3.86. The lowest BCUT2D eigenvalue weighted by atomic mass is 9.83. The van der Waals surface area contributed by atoms with E-state index in [0.717, 1.165) is 37.8 Å². The number of anilines is 1. The van der Waals surface area contributed by atoms with Crippen LogP contribution in [0.4, 0.5) is 5.95 Å². The lowest BCUT2D eigenvalue weighted by molar-refractivity contribution is 0.0648. The molecule has 0 radical (unpaired) electrons. The number of H-pyrrole nitrogens is 1. The van der Waals surface area contributed by atoms with Crippen molar-refractivity contribution in [2.45, 2.75) is 44.6 Å². The molecule has 0 aliphatic heterocycles. The fraction of sp³-hybridized carbons (Fsp3) is 0.450. The van der Waals surface area contributed by atoms with Gasteiger partial charge in [-0.3, -0.25) is 9.78 Å². The molecule has 2 heterocycles. The molecule has 0 bridgehead atoms. The van der Waals surface area contributed by atoms with E-state index in [-0.39, 0.29) is 11.7 Å². The summed E-state index contributed by atoms with van der Waals surface area (Å²) >= 11 is 0. The van der Waals surface area contributed by atoms with E-state index < -0.39 is 0 Å². The Hall–Kier alpha value is -2.67. The monoisotopic (exact) mass is 367 g/mol. The number of hydrogen-bond donors (Lipinski definition) is 3. The normalized spacial score (nSPS) is 20.0. The molecule has 3 N–H and O–H groups in total. The summed E-state index contributed by atoms with van der Waals surface area (Å²) < 4.78 is 1.67. The lowest BCUT2D eigenvalue weighted by Crippen LogP contribution is -2.25. The van der Waals surface area contributed by atoms with E-state index in [1.807, 2.05) is 30.3 Å². The van der Waals surface area contributed by atoms with Crippen LogP contribution in [0.3, 0.4) is 0 Å². The van der Waals surface area contributed by atoms with E-state index in [9.17, 15) is 9.90 Å². The Kier molecular flexibility index (Phi) is 5.20. The average Bonchev–Trinajstić information content (AvgIpc) is 3.12. The van der Waals surface area contributed by atoms with E-state index in [1.165, 1.54) is 6.42 Å². The van der Waals surface area contributed by atoms with Crippen molar-refractivity contribution >= 4 is 17.0 Å². The Morgan fingerprint density at radius 2 is 2.04 bits per heavy atom. The first kappa shape index (κ1) is 17.7. The van der Waals surface area contributed by atoms with Crippen LogP contribution in [0.2, 0.25) is 0 Å². The van der Waals surface area contributed by atoms with E-state index in [4.69, 9.17) is 0 Å². The van der Waals surface area contributed by atoms with Gasteiger partial charge in [-0.1, -0.05) is 31.0 Å². The van der Waals surface area contributed by atoms with Crippen LogP contribution in [0.1, 0.15) is 38.5 Å². The van der Waals surface area contributed by atoms with Crippen LogP contribution in [-0.4, -0.2) is 37.5 Å². The van der Waals surface area contributed by atoms with Crippen molar-refractivity contribution in [2.24, 2.45) is 5.92 Å². The molecule has 7 nitrogen and oxygen atoms in total. The van der Waals surface area contributed by atoms with Gasteiger partial charge in [0.25, 0.3) is 5.56 Å². The second-order valence-corrected chi connectivity index (χ2v) is 7.22. The van der Waals surface area contributed by atoms with Gasteiger partial charge in [0.05, 0.1) is 18.0 Å². The predicted molar refractivity (Wildman–Crippen MR) is 105 cm³/mol. The summed E-state index contributed by atoms with van der Waals surface area (Å²) in [4.78, 5) is 19.7. The molecule has 3 aromatic rings. The molecule has 2 unspecified atom stereocenters. The van der Waals surface area contributed by atoms with Gasteiger partial charge in [-0.25, -0.2) is 4.68 Å². The molecule has 0 spiro atoms. The Bertz CT molecular complexity index is 950. The molecule has 1 aromatic carbocycles. The first-order valence-corrected chi connectivity index (χ1v) is 9.68. The Morgan fingerprint density at radius 1 is 1.22 bits per heavy atom. The van der Waals surface area contributed by atoms with Crippen LogP contribution in [-0.2, 0) is 0 Å². The van der Waals surface area contributed by atoms with Crippen LogP contribution < -0.4 is 10.9 Å². The topological polar surface area (TPSA) is 95.8 Å². The zero-order chi connectivity index (χ0) is 18.6. The highest BCUT2D eigenvalue weighted by atomic mass is 16.3. The van der Waals surface area contributed by atoms with E-state index >= 15 is 0 Å². The maximum absolute atomic E-state index is 12.3. The SMILES string of the molecule is O=c1[nH]c(NCCCC2CCCCC2O)nc2c1cnn2-c1ccccc1. The largest absolute Gasteiger partial charge is 0.393 e. The minimum atomic E-state index is -0.201. The summed E-state index contributed by atoms with van der Waals surface area (Å²) in [6.45, 7) is 0.705. The molecule has 0 saturated heterocycles. The third kappa shape index (κ3) is 3.88. The third-order valence-corrected chi connectivity index (χ3v) is 5.35. The molecule has 1 fully saturated rings. The molecule has 4 rings (SSSR count). The molecular weight excluding hydrogens is 342 g/mol.